The van der Waals surface area contributed by atoms with Gasteiger partial charge in [-0.3, -0.25) is 9.80 Å². The molecule has 0 aliphatic rings. The van der Waals surface area contributed by atoms with Gasteiger partial charge < -0.3 is 0 Å². The predicted octanol–water partition coefficient (Wildman–Crippen LogP) is 4.31. The first-order valence-corrected chi connectivity index (χ1v) is 5.73. The molecular formula is C14H38N2. The van der Waals surface area contributed by atoms with Crippen LogP contribution in [0.5, 0.6) is 0 Å². The van der Waals surface area contributed by atoms with Crippen LogP contribution in [0.4, 0.5) is 0 Å². The third-order valence-corrected chi connectivity index (χ3v) is 2.83. The van der Waals surface area contributed by atoms with Gasteiger partial charge in [0.25, 0.3) is 0 Å². The van der Waals surface area contributed by atoms with Crippen LogP contribution in [-0.2, 0) is 0 Å². The molecule has 2 nitrogen and oxygen atoms in total. The molecule has 0 heterocycles. The van der Waals surface area contributed by atoms with E-state index in [0.29, 0.717) is 6.17 Å². The molecule has 0 aromatic rings. The molecule has 0 aliphatic heterocycles. The van der Waals surface area contributed by atoms with E-state index in [4.69, 9.17) is 0 Å². The predicted molar refractivity (Wildman–Crippen MR) is 80.1 cm³/mol. The highest BCUT2D eigenvalue weighted by Gasteiger charge is 2.18. The summed E-state index contributed by atoms with van der Waals surface area (Å²) < 4.78 is 0. The fourth-order valence-corrected chi connectivity index (χ4v) is 2.04. The molecule has 0 aromatic heterocycles. The molecule has 0 rings (SSSR count). The van der Waals surface area contributed by atoms with Crippen molar-refractivity contribution in [1.82, 2.24) is 9.80 Å². The minimum absolute atomic E-state index is 0. The Morgan fingerprint density at radius 3 is 1.00 bits per heavy atom. The Morgan fingerprint density at radius 2 is 0.875 bits per heavy atom. The lowest BCUT2D eigenvalue weighted by atomic mass is 10.2. The zero-order valence-corrected chi connectivity index (χ0v) is 10.0. The van der Waals surface area contributed by atoms with Gasteiger partial charge in [0, 0.05) is 0 Å². The molecule has 0 bridgehead atoms. The quantitative estimate of drug-likeness (QED) is 0.606. The largest absolute Gasteiger partial charge is 0.288 e. The van der Waals surface area contributed by atoms with Crippen LogP contribution >= 0.6 is 0 Å². The van der Waals surface area contributed by atoms with Gasteiger partial charge in [0.1, 0.15) is 0 Å². The van der Waals surface area contributed by atoms with Crippen LogP contribution in [-0.4, -0.2) is 42.1 Å². The average Bonchev–Trinajstić information content (AvgIpc) is 2.18. The molecule has 2 heteroatoms. The lowest BCUT2D eigenvalue weighted by molar-refractivity contribution is 0.0539. The normalized spacial score (nSPS) is 9.75. The van der Waals surface area contributed by atoms with Crippen molar-refractivity contribution in [2.24, 2.45) is 0 Å². The maximum atomic E-state index is 2.53. The Kier molecular flexibility index (Phi) is 23.3. The van der Waals surface area contributed by atoms with Crippen molar-refractivity contribution in [3.8, 4) is 0 Å². The van der Waals surface area contributed by atoms with Crippen molar-refractivity contribution < 1.29 is 0 Å². The molecule has 0 unspecified atom stereocenters. The molecule has 0 spiro atoms. The first kappa shape index (κ1) is 24.9. The van der Waals surface area contributed by atoms with Crippen LogP contribution in [0.3, 0.4) is 0 Å². The molecular weight excluding hydrogens is 196 g/mol. The first-order chi connectivity index (χ1) is 6.24. The molecule has 0 saturated carbocycles. The molecule has 0 radical (unpaired) electrons. The Labute approximate surface area is 106 Å². The summed E-state index contributed by atoms with van der Waals surface area (Å²) in [6, 6.07) is 0. The van der Waals surface area contributed by atoms with Crippen LogP contribution < -0.4 is 0 Å². The van der Waals surface area contributed by atoms with Crippen LogP contribution in [0.2, 0.25) is 0 Å². The second kappa shape index (κ2) is 14.9. The fraction of sp³-hybridized carbons (Fsp3) is 1.00. The third kappa shape index (κ3) is 7.24. The summed E-state index contributed by atoms with van der Waals surface area (Å²) in [5.74, 6) is 0. The summed E-state index contributed by atoms with van der Waals surface area (Å²) in [4.78, 5) is 5.07. The molecule has 0 atom stereocenters. The molecule has 0 amide bonds. The van der Waals surface area contributed by atoms with Crippen LogP contribution in [0, 0.1) is 0 Å². The zero-order chi connectivity index (χ0) is 10.3. The number of hydrogen-bond donors (Lipinski definition) is 0. The molecule has 0 fully saturated rings. The van der Waals surface area contributed by atoms with Crippen LogP contribution in [0.1, 0.15) is 63.3 Å². The van der Waals surface area contributed by atoms with Gasteiger partial charge >= 0.3 is 0 Å². The van der Waals surface area contributed by atoms with E-state index < -0.39 is 0 Å². The van der Waals surface area contributed by atoms with Gasteiger partial charge in [0.15, 0.2) is 0 Å². The number of hydrogen-bond acceptors (Lipinski definition) is 2. The summed E-state index contributed by atoms with van der Waals surface area (Å²) in [5, 5.41) is 0. The summed E-state index contributed by atoms with van der Waals surface area (Å²) in [5.41, 5.74) is 0. The highest BCUT2D eigenvalue weighted by molar-refractivity contribution is 4.68. The van der Waals surface area contributed by atoms with Gasteiger partial charge in [-0.1, -0.05) is 56.9 Å². The van der Waals surface area contributed by atoms with Gasteiger partial charge in [-0.25, -0.2) is 0 Å². The smallest absolute Gasteiger partial charge is 0.0619 e. The monoisotopic (exact) mass is 234 g/mol. The van der Waals surface area contributed by atoms with Crippen molar-refractivity contribution in [1.29, 1.82) is 0 Å². The Morgan fingerprint density at radius 1 is 0.625 bits per heavy atom. The second-order valence-electron chi connectivity index (χ2n) is 3.33. The van der Waals surface area contributed by atoms with Gasteiger partial charge in [-0.15, -0.1) is 0 Å². The third-order valence-electron chi connectivity index (χ3n) is 2.83. The molecule has 0 aromatic carbocycles. The van der Waals surface area contributed by atoms with Crippen LogP contribution in [0.15, 0.2) is 0 Å². The summed E-state index contributed by atoms with van der Waals surface area (Å²) >= 11 is 0. The minimum atomic E-state index is 0. The van der Waals surface area contributed by atoms with E-state index in [9.17, 15) is 0 Å². The zero-order valence-electron chi connectivity index (χ0n) is 10.0. The van der Waals surface area contributed by atoms with E-state index in [1.807, 2.05) is 0 Å². The number of rotatable bonds is 7. The van der Waals surface area contributed by atoms with E-state index in [0.717, 1.165) is 26.2 Å². The van der Waals surface area contributed by atoms with E-state index in [2.05, 4.69) is 44.4 Å². The fourth-order valence-electron chi connectivity index (χ4n) is 2.04. The highest BCUT2D eigenvalue weighted by atomic mass is 15.3. The summed E-state index contributed by atoms with van der Waals surface area (Å²) in [6.07, 6.45) is 1.87. The van der Waals surface area contributed by atoms with E-state index in [-0.39, 0.29) is 22.3 Å². The van der Waals surface area contributed by atoms with Gasteiger partial charge in [-0.2, -0.15) is 0 Å². The van der Waals surface area contributed by atoms with Crippen molar-refractivity contribution >= 4 is 0 Å². The van der Waals surface area contributed by atoms with Crippen molar-refractivity contribution in [3.05, 3.63) is 0 Å². The minimum Gasteiger partial charge on any atom is -0.288 e. The SMILES string of the molecule is C.C.C.CCC(N(CC)CC)N(CC)CC. The lowest BCUT2D eigenvalue weighted by Gasteiger charge is -2.37. The molecule has 0 saturated heterocycles. The van der Waals surface area contributed by atoms with Crippen LogP contribution in [0.25, 0.3) is 0 Å². The average molecular weight is 234 g/mol. The molecule has 0 N–H and O–H groups in total. The topological polar surface area (TPSA) is 6.48 Å². The highest BCUT2D eigenvalue weighted by Crippen LogP contribution is 2.09. The first-order valence-electron chi connectivity index (χ1n) is 5.73. The number of nitrogens with zero attached hydrogens (tertiary/aromatic N) is 2. The van der Waals surface area contributed by atoms with Gasteiger partial charge in [-0.05, 0) is 32.6 Å². The van der Waals surface area contributed by atoms with Gasteiger partial charge in [0.05, 0.1) is 6.17 Å². The van der Waals surface area contributed by atoms with Gasteiger partial charge in [0.2, 0.25) is 0 Å². The lowest BCUT2D eigenvalue weighted by Crippen LogP contribution is -2.47. The molecule has 104 valence electrons. The van der Waals surface area contributed by atoms with E-state index in [1.54, 1.807) is 0 Å². The second-order valence-corrected chi connectivity index (χ2v) is 3.33. The van der Waals surface area contributed by atoms with Crippen molar-refractivity contribution in [2.45, 2.75) is 69.5 Å². The van der Waals surface area contributed by atoms with E-state index in [1.165, 1.54) is 6.42 Å². The Bertz CT molecular complexity index is 95.3. The van der Waals surface area contributed by atoms with Crippen molar-refractivity contribution in [3.63, 3.8) is 0 Å². The van der Waals surface area contributed by atoms with E-state index >= 15 is 0 Å². The summed E-state index contributed by atoms with van der Waals surface area (Å²) in [7, 11) is 0. The Balaban J connectivity index is -0.000000240. The maximum Gasteiger partial charge on any atom is 0.0619 e. The molecule has 0 aliphatic carbocycles. The standard InChI is InChI=1S/C11H26N2.3CH4/c1-6-11(12(7-2)8-3)13(9-4)10-5;;;/h11H,6-10H2,1-5H3;3*1H4. The Hall–Kier alpha value is -0.0800. The van der Waals surface area contributed by atoms with Crippen molar-refractivity contribution in [2.75, 3.05) is 26.2 Å². The maximum absolute atomic E-state index is 2.53. The summed E-state index contributed by atoms with van der Waals surface area (Å²) in [6.45, 7) is 15.9. The molecule has 16 heavy (non-hydrogen) atoms.